The number of carbonyl (C=O) groups excluding carboxylic acids is 3. The molecule has 4 aliphatic rings. The first-order valence-corrected chi connectivity index (χ1v) is 14.6. The van der Waals surface area contributed by atoms with Crippen LogP contribution >= 0.6 is 0 Å². The van der Waals surface area contributed by atoms with Crippen LogP contribution in [0.1, 0.15) is 83.7 Å². The quantitative estimate of drug-likeness (QED) is 0.377. The van der Waals surface area contributed by atoms with Crippen molar-refractivity contribution in [1.29, 1.82) is 0 Å². The average molecular weight is 551 g/mol. The lowest BCUT2D eigenvalue weighted by molar-refractivity contribution is -0.159. The summed E-state index contributed by atoms with van der Waals surface area (Å²) >= 11 is 0. The molecule has 216 valence electrons. The standard InChI is InChI=1S/C32H42N2O6/c1-20(35)32(38)17-14-26-24-11-10-22-18-23(12-15-30(22,2)25(24)13-16-31(26,32)3)34-40-19-27(36)33-28(29(37)39-4)21-8-6-5-7-9-21/h5-9,18,24-26,28,38H,10-17,19H2,1-4H3,(H,33,36)/b34-23-/t24-,25+,26+,28+,30+,31+,32+/m1/s1. The maximum atomic E-state index is 12.6. The summed E-state index contributed by atoms with van der Waals surface area (Å²) in [6, 6.07) is 8.03. The Kier molecular flexibility index (Phi) is 7.68. The van der Waals surface area contributed by atoms with Crippen LogP contribution in [0.25, 0.3) is 0 Å². The van der Waals surface area contributed by atoms with Crippen LogP contribution in [0, 0.1) is 28.6 Å². The summed E-state index contributed by atoms with van der Waals surface area (Å²) in [5.41, 5.74) is 1.41. The summed E-state index contributed by atoms with van der Waals surface area (Å²) < 4.78 is 4.86. The van der Waals surface area contributed by atoms with Gasteiger partial charge in [-0.3, -0.25) is 9.59 Å². The molecule has 0 unspecified atom stereocenters. The first-order chi connectivity index (χ1) is 19.0. The highest BCUT2D eigenvalue weighted by atomic mass is 16.6. The van der Waals surface area contributed by atoms with E-state index in [1.54, 1.807) is 31.2 Å². The number of nitrogens with one attached hydrogen (secondary N) is 1. The van der Waals surface area contributed by atoms with Crippen LogP contribution < -0.4 is 5.32 Å². The third-order valence-corrected chi connectivity index (χ3v) is 11.0. The second-order valence-corrected chi connectivity index (χ2v) is 12.7. The minimum atomic E-state index is -1.19. The van der Waals surface area contributed by atoms with E-state index in [0.717, 1.165) is 50.7 Å². The number of benzene rings is 1. The summed E-state index contributed by atoms with van der Waals surface area (Å²) in [6.07, 6.45) is 9.33. The van der Waals surface area contributed by atoms with Gasteiger partial charge in [-0.2, -0.15) is 0 Å². The Balaban J connectivity index is 1.23. The van der Waals surface area contributed by atoms with Crippen LogP contribution in [-0.4, -0.2) is 47.8 Å². The molecule has 0 bridgehead atoms. The minimum Gasteiger partial charge on any atom is -0.467 e. The zero-order valence-electron chi connectivity index (χ0n) is 24.1. The first-order valence-electron chi connectivity index (χ1n) is 14.6. The largest absolute Gasteiger partial charge is 0.467 e. The molecule has 0 aliphatic heterocycles. The maximum absolute atomic E-state index is 12.6. The van der Waals surface area contributed by atoms with Gasteiger partial charge < -0.3 is 20.0 Å². The molecule has 0 saturated heterocycles. The lowest BCUT2D eigenvalue weighted by Gasteiger charge is -2.59. The monoisotopic (exact) mass is 550 g/mol. The Hall–Kier alpha value is -3.00. The number of Topliss-reactive ketones (excluding diaryl/α,β-unsaturated/α-hetero) is 1. The van der Waals surface area contributed by atoms with Crippen molar-refractivity contribution in [3.63, 3.8) is 0 Å². The number of ether oxygens (including phenoxy) is 1. The Labute approximate surface area is 236 Å². The van der Waals surface area contributed by atoms with Crippen molar-refractivity contribution in [2.24, 2.45) is 33.7 Å². The molecule has 8 nitrogen and oxygen atoms in total. The van der Waals surface area contributed by atoms with Crippen molar-refractivity contribution in [2.45, 2.75) is 83.8 Å². The van der Waals surface area contributed by atoms with Gasteiger partial charge in [0.1, 0.15) is 5.60 Å². The predicted octanol–water partition coefficient (Wildman–Crippen LogP) is 4.67. The highest BCUT2D eigenvalue weighted by molar-refractivity contribution is 5.96. The fraction of sp³-hybridized carbons (Fsp3) is 0.625. The van der Waals surface area contributed by atoms with Crippen molar-refractivity contribution < 1.29 is 29.1 Å². The summed E-state index contributed by atoms with van der Waals surface area (Å²) in [7, 11) is 1.29. The number of carbonyl (C=O) groups is 3. The molecule has 0 radical (unpaired) electrons. The smallest absolute Gasteiger partial charge is 0.333 e. The zero-order chi connectivity index (χ0) is 28.7. The number of hydrogen-bond acceptors (Lipinski definition) is 7. The van der Waals surface area contributed by atoms with Crippen molar-refractivity contribution in [1.82, 2.24) is 5.32 Å². The fourth-order valence-corrected chi connectivity index (χ4v) is 8.66. The van der Waals surface area contributed by atoms with Crippen LogP contribution in [0.15, 0.2) is 47.1 Å². The number of aliphatic hydroxyl groups is 1. The second kappa shape index (κ2) is 10.8. The van der Waals surface area contributed by atoms with Gasteiger partial charge in [-0.1, -0.05) is 54.9 Å². The van der Waals surface area contributed by atoms with Gasteiger partial charge in [0, 0.05) is 5.41 Å². The van der Waals surface area contributed by atoms with Crippen molar-refractivity contribution in [3.8, 4) is 0 Å². The predicted molar refractivity (Wildman–Crippen MR) is 150 cm³/mol. The summed E-state index contributed by atoms with van der Waals surface area (Å²) in [6.45, 7) is 5.79. The number of allylic oxidation sites excluding steroid dienone is 2. The molecule has 0 spiro atoms. The SMILES string of the molecule is COC(=O)[C@@H](NC(=O)CO/N=C1\C=C2CC[C@@H]3[C@H](CC[C@@]4(C)[C@H]3CC[C@]4(O)C(C)=O)[C@@]2(C)CC1)c1ccccc1. The Morgan fingerprint density at radius 3 is 2.48 bits per heavy atom. The number of ketones is 1. The lowest BCUT2D eigenvalue weighted by Crippen LogP contribution is -2.57. The molecule has 1 amide bonds. The number of rotatable bonds is 7. The molecule has 7 atom stereocenters. The number of hydrogen-bond donors (Lipinski definition) is 2. The van der Waals surface area contributed by atoms with Crippen molar-refractivity contribution >= 4 is 23.4 Å². The van der Waals surface area contributed by atoms with Crippen LogP contribution in [0.2, 0.25) is 0 Å². The fourth-order valence-electron chi connectivity index (χ4n) is 8.66. The van der Waals surface area contributed by atoms with Crippen LogP contribution in [0.5, 0.6) is 0 Å². The van der Waals surface area contributed by atoms with Crippen LogP contribution in [0.3, 0.4) is 0 Å². The number of oxime groups is 1. The highest BCUT2D eigenvalue weighted by Gasteiger charge is 2.65. The van der Waals surface area contributed by atoms with Crippen molar-refractivity contribution in [2.75, 3.05) is 13.7 Å². The summed E-state index contributed by atoms with van der Waals surface area (Å²) in [5, 5.41) is 18.3. The van der Waals surface area contributed by atoms with E-state index in [-0.39, 0.29) is 23.2 Å². The van der Waals surface area contributed by atoms with Gasteiger partial charge in [0.15, 0.2) is 18.4 Å². The van der Waals surface area contributed by atoms with E-state index in [1.807, 2.05) is 6.07 Å². The molecular weight excluding hydrogens is 508 g/mol. The second-order valence-electron chi connectivity index (χ2n) is 12.7. The summed E-state index contributed by atoms with van der Waals surface area (Å²) in [5.74, 6) is 0.336. The van der Waals surface area contributed by atoms with E-state index in [0.29, 0.717) is 29.7 Å². The van der Waals surface area contributed by atoms with Gasteiger partial charge in [-0.25, -0.2) is 4.79 Å². The van der Waals surface area contributed by atoms with Gasteiger partial charge >= 0.3 is 5.97 Å². The minimum absolute atomic E-state index is 0.0704. The number of fused-ring (bicyclic) bond motifs is 5. The van der Waals surface area contributed by atoms with Gasteiger partial charge in [-0.05, 0) is 93.1 Å². The molecular formula is C32H42N2O6. The summed E-state index contributed by atoms with van der Waals surface area (Å²) in [4.78, 5) is 42.7. The molecule has 1 aromatic carbocycles. The van der Waals surface area contributed by atoms with Crippen LogP contribution in [0.4, 0.5) is 0 Å². The van der Waals surface area contributed by atoms with E-state index < -0.39 is 23.5 Å². The van der Waals surface area contributed by atoms with Gasteiger partial charge in [0.2, 0.25) is 0 Å². The number of methoxy groups -OCH3 is 1. The van der Waals surface area contributed by atoms with E-state index in [1.165, 1.54) is 12.7 Å². The van der Waals surface area contributed by atoms with Gasteiger partial charge in [-0.15, -0.1) is 0 Å². The van der Waals surface area contributed by atoms with Gasteiger partial charge in [0.25, 0.3) is 5.91 Å². The third kappa shape index (κ3) is 4.68. The topological polar surface area (TPSA) is 114 Å². The zero-order valence-corrected chi connectivity index (χ0v) is 24.1. The molecule has 40 heavy (non-hydrogen) atoms. The van der Waals surface area contributed by atoms with E-state index in [4.69, 9.17) is 9.57 Å². The molecule has 0 aromatic heterocycles. The molecule has 0 heterocycles. The van der Waals surface area contributed by atoms with E-state index in [2.05, 4.69) is 30.4 Å². The third-order valence-electron chi connectivity index (χ3n) is 11.0. The molecule has 3 saturated carbocycles. The first kappa shape index (κ1) is 28.5. The normalized spacial score (nSPS) is 36.4. The average Bonchev–Trinajstić information content (AvgIpc) is 3.23. The Morgan fingerprint density at radius 1 is 1.05 bits per heavy atom. The molecule has 1 aromatic rings. The number of amides is 1. The number of esters is 1. The number of nitrogens with zero attached hydrogens (tertiary/aromatic N) is 1. The lowest BCUT2D eigenvalue weighted by atomic mass is 9.46. The Morgan fingerprint density at radius 2 is 1.77 bits per heavy atom. The maximum Gasteiger partial charge on any atom is 0.333 e. The van der Waals surface area contributed by atoms with Gasteiger partial charge in [0.05, 0.1) is 12.8 Å². The van der Waals surface area contributed by atoms with Crippen LogP contribution in [-0.2, 0) is 24.0 Å². The van der Waals surface area contributed by atoms with E-state index >= 15 is 0 Å². The van der Waals surface area contributed by atoms with Crippen molar-refractivity contribution in [3.05, 3.63) is 47.5 Å². The molecule has 3 fully saturated rings. The Bertz CT molecular complexity index is 1230. The molecule has 8 heteroatoms. The molecule has 5 rings (SSSR count). The molecule has 2 N–H and O–H groups in total. The van der Waals surface area contributed by atoms with E-state index in [9.17, 15) is 19.5 Å². The molecule has 4 aliphatic carbocycles. The highest BCUT2D eigenvalue weighted by Crippen LogP contribution is 2.67.